The lowest BCUT2D eigenvalue weighted by Gasteiger charge is -2.29. The minimum absolute atomic E-state index is 0.000245. The second-order valence-electron chi connectivity index (χ2n) is 9.91. The zero-order chi connectivity index (χ0) is 31.0. The van der Waals surface area contributed by atoms with Crippen molar-refractivity contribution < 1.29 is 27.4 Å². The third-order valence-electron chi connectivity index (χ3n) is 6.81. The maximum absolute atomic E-state index is 15.5. The summed E-state index contributed by atoms with van der Waals surface area (Å²) in [6, 6.07) is 6.41. The highest BCUT2D eigenvalue weighted by Gasteiger charge is 2.51. The van der Waals surface area contributed by atoms with Crippen molar-refractivity contribution in [3.63, 3.8) is 0 Å². The number of aromatic nitrogens is 2. The highest BCUT2D eigenvalue weighted by molar-refractivity contribution is 7.81. The molecule has 42 heavy (non-hydrogen) atoms. The number of anilines is 2. The molecule has 4 rings (SSSR count). The summed E-state index contributed by atoms with van der Waals surface area (Å²) >= 11 is 5.64. The molecule has 9 nitrogen and oxygen atoms in total. The van der Waals surface area contributed by atoms with Gasteiger partial charge in [-0.3, -0.25) is 18.9 Å². The van der Waals surface area contributed by atoms with E-state index in [1.807, 2.05) is 0 Å². The van der Waals surface area contributed by atoms with E-state index in [9.17, 15) is 23.6 Å². The molecule has 1 aromatic carbocycles. The second-order valence-corrected chi connectivity index (χ2v) is 10.3. The van der Waals surface area contributed by atoms with Gasteiger partial charge in [0.1, 0.15) is 12.1 Å². The van der Waals surface area contributed by atoms with Crippen LogP contribution in [0.25, 0.3) is 5.65 Å². The van der Waals surface area contributed by atoms with Crippen molar-refractivity contribution in [3.05, 3.63) is 75.6 Å². The van der Waals surface area contributed by atoms with Gasteiger partial charge in [-0.25, -0.2) is 9.37 Å². The zero-order valence-corrected chi connectivity index (χ0v) is 24.4. The molecule has 0 saturated carbocycles. The van der Waals surface area contributed by atoms with E-state index in [0.29, 0.717) is 12.5 Å². The number of hydrogen-bond acceptors (Lipinski definition) is 7. The number of fused-ring (bicyclic) bond motifs is 1. The van der Waals surface area contributed by atoms with Crippen molar-refractivity contribution in [1.29, 1.82) is 5.26 Å². The number of hydrogen-bond donors (Lipinski definition) is 0. The first-order valence-corrected chi connectivity index (χ1v) is 13.4. The van der Waals surface area contributed by atoms with Gasteiger partial charge in [-0.1, -0.05) is 13.0 Å². The molecule has 0 N–H and O–H groups in total. The second kappa shape index (κ2) is 11.5. The Bertz CT molecular complexity index is 1710. The van der Waals surface area contributed by atoms with Gasteiger partial charge < -0.3 is 14.4 Å². The number of allylic oxidation sites excluding steroid dienone is 2. The number of alkyl halides is 2. The fourth-order valence-electron chi connectivity index (χ4n) is 4.75. The highest BCUT2D eigenvalue weighted by Crippen LogP contribution is 2.40. The maximum atomic E-state index is 15.5. The summed E-state index contributed by atoms with van der Waals surface area (Å²) in [4.78, 5) is 33.8. The minimum atomic E-state index is -3.49. The number of methoxy groups -OCH3 is 1. The van der Waals surface area contributed by atoms with Crippen LogP contribution in [0.15, 0.2) is 47.4 Å². The first kappa shape index (κ1) is 30.7. The Labute approximate surface area is 245 Å². The van der Waals surface area contributed by atoms with Crippen molar-refractivity contribution in [1.82, 2.24) is 9.38 Å². The van der Waals surface area contributed by atoms with Crippen LogP contribution in [0.2, 0.25) is 0 Å². The number of thiocarbonyl (C=S) groups is 1. The minimum Gasteiger partial charge on any atom is -0.484 e. The van der Waals surface area contributed by atoms with Gasteiger partial charge in [0.2, 0.25) is 5.75 Å². The summed E-state index contributed by atoms with van der Waals surface area (Å²) in [5.74, 6) is -4.99. The van der Waals surface area contributed by atoms with Crippen LogP contribution in [0.5, 0.6) is 5.75 Å². The predicted molar refractivity (Wildman–Crippen MR) is 155 cm³/mol. The summed E-state index contributed by atoms with van der Waals surface area (Å²) in [5, 5.41) is 9.28. The fourth-order valence-corrected chi connectivity index (χ4v) is 5.27. The lowest BCUT2D eigenvalue weighted by atomic mass is 9.99. The standard InChI is InChI=1S/C29H28F3N5O4S/c1-6-10-29(31,32)20-13-18(9-8-17(20)15-33)36-26(39)28(3,4)37(27(36)42)19-14-21(30)24-34-22(7-2)23(41-12-11-40-5)25(38)35(24)16-19/h6,8-10,13-14,16H,7,11-12H2,1-5H3/b10-6+. The maximum Gasteiger partial charge on any atom is 0.300 e. The van der Waals surface area contributed by atoms with Gasteiger partial charge in [-0.05, 0) is 63.7 Å². The smallest absolute Gasteiger partial charge is 0.300 e. The van der Waals surface area contributed by atoms with E-state index in [1.165, 1.54) is 51.1 Å². The van der Waals surface area contributed by atoms with Gasteiger partial charge >= 0.3 is 5.56 Å². The fraction of sp³-hybridized carbons (Fsp3) is 0.345. The molecule has 0 bridgehead atoms. The number of rotatable bonds is 9. The Morgan fingerprint density at radius 1 is 1.19 bits per heavy atom. The monoisotopic (exact) mass is 599 g/mol. The van der Waals surface area contributed by atoms with Crippen molar-refractivity contribution >= 4 is 40.3 Å². The summed E-state index contributed by atoms with van der Waals surface area (Å²) in [6.45, 7) is 6.52. The molecule has 1 saturated heterocycles. The molecule has 1 aliphatic rings. The number of halogens is 3. The molecule has 13 heteroatoms. The van der Waals surface area contributed by atoms with Crippen LogP contribution in [0, 0.1) is 17.1 Å². The van der Waals surface area contributed by atoms with Crippen LogP contribution in [0.1, 0.15) is 44.5 Å². The van der Waals surface area contributed by atoms with Crippen molar-refractivity contribution in [2.24, 2.45) is 0 Å². The molecule has 220 valence electrons. The molecule has 2 aromatic heterocycles. The third kappa shape index (κ3) is 5.12. The van der Waals surface area contributed by atoms with E-state index in [-0.39, 0.29) is 52.4 Å². The van der Waals surface area contributed by atoms with Crippen LogP contribution in [-0.2, 0) is 21.9 Å². The lowest BCUT2D eigenvalue weighted by molar-refractivity contribution is -0.120. The van der Waals surface area contributed by atoms with E-state index < -0.39 is 34.3 Å². The van der Waals surface area contributed by atoms with E-state index in [0.717, 1.165) is 27.5 Å². The molecule has 1 fully saturated rings. The quantitative estimate of drug-likeness (QED) is 0.195. The van der Waals surface area contributed by atoms with E-state index in [2.05, 4.69) is 4.98 Å². The summed E-state index contributed by atoms with van der Waals surface area (Å²) in [7, 11) is 1.48. The van der Waals surface area contributed by atoms with Gasteiger partial charge in [0.05, 0.1) is 35.3 Å². The predicted octanol–water partition coefficient (Wildman–Crippen LogP) is 4.88. The number of amides is 1. The molecular weight excluding hydrogens is 571 g/mol. The van der Waals surface area contributed by atoms with Crippen molar-refractivity contribution in [2.45, 2.75) is 45.6 Å². The third-order valence-corrected chi connectivity index (χ3v) is 7.17. The molecule has 3 aromatic rings. The molecule has 0 radical (unpaired) electrons. The Balaban J connectivity index is 1.86. The topological polar surface area (TPSA) is 100 Å². The number of carbonyl (C=O) groups is 1. The number of nitrogens with zero attached hydrogens (tertiary/aromatic N) is 5. The van der Waals surface area contributed by atoms with Gasteiger partial charge in [0.15, 0.2) is 16.6 Å². The Morgan fingerprint density at radius 2 is 1.90 bits per heavy atom. The van der Waals surface area contributed by atoms with Crippen LogP contribution in [0.3, 0.4) is 0 Å². The molecule has 1 amide bonds. The van der Waals surface area contributed by atoms with Crippen molar-refractivity contribution in [2.75, 3.05) is 30.1 Å². The van der Waals surface area contributed by atoms with Gasteiger partial charge in [0.25, 0.3) is 11.8 Å². The lowest BCUT2D eigenvalue weighted by Crippen LogP contribution is -2.44. The first-order valence-electron chi connectivity index (χ1n) is 13.0. The first-order chi connectivity index (χ1) is 19.8. The average molecular weight is 600 g/mol. The SMILES string of the molecule is C/C=C/C(F)(F)c1cc(N2C(=O)C(C)(C)N(c3cc(F)c4nc(CC)c(OCCOC)c(=O)n4c3)C2=S)ccc1C#N. The number of aryl methyl sites for hydroxylation is 1. The Morgan fingerprint density at radius 3 is 2.52 bits per heavy atom. The molecule has 0 unspecified atom stereocenters. The average Bonchev–Trinajstić information content (AvgIpc) is 3.12. The molecule has 0 atom stereocenters. The normalized spacial score (nSPS) is 15.2. The molecule has 1 aliphatic heterocycles. The van der Waals surface area contributed by atoms with Crippen LogP contribution >= 0.6 is 12.2 Å². The number of benzene rings is 1. The zero-order valence-electron chi connectivity index (χ0n) is 23.6. The number of nitriles is 1. The summed E-state index contributed by atoms with van der Waals surface area (Å²) in [5.41, 5.74) is -2.88. The molecule has 0 spiro atoms. The molecular formula is C29H28F3N5O4S. The number of carbonyl (C=O) groups excluding carboxylic acids is 1. The van der Waals surface area contributed by atoms with Gasteiger partial charge in [-0.2, -0.15) is 14.0 Å². The van der Waals surface area contributed by atoms with Crippen LogP contribution < -0.4 is 20.1 Å². The summed E-state index contributed by atoms with van der Waals surface area (Å²) < 4.78 is 56.9. The Kier molecular flexibility index (Phi) is 8.43. The van der Waals surface area contributed by atoms with Crippen LogP contribution in [0.4, 0.5) is 24.5 Å². The summed E-state index contributed by atoms with van der Waals surface area (Å²) in [6.07, 6.45) is 3.41. The number of pyridine rings is 1. The molecule has 3 heterocycles. The van der Waals surface area contributed by atoms with Crippen LogP contribution in [-0.4, -0.2) is 46.3 Å². The van der Waals surface area contributed by atoms with Gasteiger partial charge in [0, 0.05) is 24.9 Å². The largest absolute Gasteiger partial charge is 0.484 e. The number of ether oxygens (including phenoxy) is 2. The van der Waals surface area contributed by atoms with E-state index in [1.54, 1.807) is 13.0 Å². The molecule has 0 aliphatic carbocycles. The van der Waals surface area contributed by atoms with Crippen molar-refractivity contribution in [3.8, 4) is 11.8 Å². The Hall–Kier alpha value is -4.28. The van der Waals surface area contributed by atoms with Gasteiger partial charge in [-0.15, -0.1) is 0 Å². The van der Waals surface area contributed by atoms with E-state index >= 15 is 4.39 Å². The highest BCUT2D eigenvalue weighted by atomic mass is 32.1. The van der Waals surface area contributed by atoms with E-state index in [4.69, 9.17) is 21.7 Å².